The molecule has 0 spiro atoms. The van der Waals surface area contributed by atoms with Crippen molar-refractivity contribution in [1.29, 1.82) is 0 Å². The van der Waals surface area contributed by atoms with E-state index in [1.807, 2.05) is 0 Å². The molecule has 0 saturated carbocycles. The van der Waals surface area contributed by atoms with Gasteiger partial charge in [-0.2, -0.15) is 0 Å². The van der Waals surface area contributed by atoms with Crippen LogP contribution in [-0.2, 0) is 0 Å². The molecule has 1 aliphatic heterocycles. The quantitative estimate of drug-likeness (QED) is 0.580. The fourth-order valence-corrected chi connectivity index (χ4v) is 1.55. The first-order chi connectivity index (χ1) is 5.93. The van der Waals surface area contributed by atoms with E-state index < -0.39 is 0 Å². The molecule has 0 N–H and O–H groups in total. The Balaban J connectivity index is 2.07. The fraction of sp³-hybridized carbons (Fsp3) is 0.727. The Morgan fingerprint density at radius 1 is 1.17 bits per heavy atom. The Morgan fingerprint density at radius 2 is 1.92 bits per heavy atom. The van der Waals surface area contributed by atoms with Gasteiger partial charge in [0, 0.05) is 13.1 Å². The topological polar surface area (TPSA) is 3.24 Å². The Kier molecular flexibility index (Phi) is 4.89. The van der Waals surface area contributed by atoms with E-state index >= 15 is 0 Å². The zero-order valence-electron chi connectivity index (χ0n) is 7.97. The standard InChI is InChI=1S/C11H20N/c1-2-3-4-6-9-12-10-7-5-8-11-12/h6,9H,1-5,7-8,10-11H2. The van der Waals surface area contributed by atoms with Gasteiger partial charge in [-0.3, -0.25) is 0 Å². The third-order valence-electron chi connectivity index (χ3n) is 2.33. The molecule has 0 aromatic heterocycles. The third-order valence-corrected chi connectivity index (χ3v) is 2.33. The summed E-state index contributed by atoms with van der Waals surface area (Å²) in [6.45, 7) is 6.35. The number of hydrogen-bond donors (Lipinski definition) is 0. The van der Waals surface area contributed by atoms with Crippen molar-refractivity contribution in [2.75, 3.05) is 13.1 Å². The van der Waals surface area contributed by atoms with Crippen LogP contribution in [0.15, 0.2) is 12.3 Å². The molecule has 1 saturated heterocycles. The van der Waals surface area contributed by atoms with E-state index in [9.17, 15) is 0 Å². The number of rotatable bonds is 4. The van der Waals surface area contributed by atoms with Gasteiger partial charge in [-0.05, 0) is 38.3 Å². The van der Waals surface area contributed by atoms with Crippen LogP contribution >= 0.6 is 0 Å². The molecule has 1 fully saturated rings. The van der Waals surface area contributed by atoms with Crippen LogP contribution in [0, 0.1) is 6.92 Å². The van der Waals surface area contributed by atoms with Gasteiger partial charge in [-0.1, -0.05) is 19.4 Å². The first-order valence-corrected chi connectivity index (χ1v) is 5.13. The Bertz CT molecular complexity index is 123. The lowest BCUT2D eigenvalue weighted by Gasteiger charge is -2.24. The largest absolute Gasteiger partial charge is 0.378 e. The van der Waals surface area contributed by atoms with E-state index in [1.54, 1.807) is 0 Å². The minimum atomic E-state index is 1.06. The van der Waals surface area contributed by atoms with Crippen molar-refractivity contribution in [3.05, 3.63) is 19.2 Å². The number of likely N-dealkylation sites (tertiary alicyclic amines) is 1. The highest BCUT2D eigenvalue weighted by molar-refractivity contribution is 4.83. The van der Waals surface area contributed by atoms with Crippen LogP contribution in [0.1, 0.15) is 38.5 Å². The second-order valence-corrected chi connectivity index (χ2v) is 3.48. The summed E-state index contributed by atoms with van der Waals surface area (Å²) >= 11 is 0. The molecule has 0 aromatic rings. The first kappa shape index (κ1) is 9.63. The smallest absolute Gasteiger partial charge is 0.0172 e. The molecule has 12 heavy (non-hydrogen) atoms. The van der Waals surface area contributed by atoms with Gasteiger partial charge >= 0.3 is 0 Å². The zero-order valence-corrected chi connectivity index (χ0v) is 7.97. The average Bonchev–Trinajstić information content (AvgIpc) is 2.14. The molecule has 0 bridgehead atoms. The molecule has 1 aliphatic rings. The number of allylic oxidation sites excluding steroid dienone is 1. The van der Waals surface area contributed by atoms with E-state index in [-0.39, 0.29) is 0 Å². The third kappa shape index (κ3) is 3.80. The molecule has 69 valence electrons. The fourth-order valence-electron chi connectivity index (χ4n) is 1.55. The van der Waals surface area contributed by atoms with Gasteiger partial charge in [0.2, 0.25) is 0 Å². The van der Waals surface area contributed by atoms with Gasteiger partial charge in [0.15, 0.2) is 0 Å². The van der Waals surface area contributed by atoms with Gasteiger partial charge in [0.1, 0.15) is 0 Å². The Labute approximate surface area is 76.5 Å². The van der Waals surface area contributed by atoms with Gasteiger partial charge in [0.25, 0.3) is 0 Å². The number of hydrogen-bond acceptors (Lipinski definition) is 1. The molecule has 0 atom stereocenters. The highest BCUT2D eigenvalue weighted by atomic mass is 15.1. The summed E-state index contributed by atoms with van der Waals surface area (Å²) in [4.78, 5) is 2.44. The molecule has 1 heterocycles. The Morgan fingerprint density at radius 3 is 2.58 bits per heavy atom. The maximum Gasteiger partial charge on any atom is 0.0172 e. The van der Waals surface area contributed by atoms with Crippen LogP contribution in [0.5, 0.6) is 0 Å². The summed E-state index contributed by atoms with van der Waals surface area (Å²) in [5, 5.41) is 0. The van der Waals surface area contributed by atoms with Gasteiger partial charge < -0.3 is 4.90 Å². The van der Waals surface area contributed by atoms with Gasteiger partial charge in [-0.15, -0.1) is 0 Å². The number of piperidine rings is 1. The molecule has 0 aromatic carbocycles. The SMILES string of the molecule is [CH2]CCCC=CN1CCCCC1. The van der Waals surface area contributed by atoms with Crippen LogP contribution in [0.4, 0.5) is 0 Å². The summed E-state index contributed by atoms with van der Waals surface area (Å²) in [6, 6.07) is 0. The monoisotopic (exact) mass is 166 g/mol. The average molecular weight is 166 g/mol. The zero-order chi connectivity index (χ0) is 8.65. The maximum atomic E-state index is 3.82. The normalized spacial score (nSPS) is 18.9. The van der Waals surface area contributed by atoms with Crippen molar-refractivity contribution in [1.82, 2.24) is 4.90 Å². The van der Waals surface area contributed by atoms with Crippen molar-refractivity contribution in [2.45, 2.75) is 38.5 Å². The van der Waals surface area contributed by atoms with Crippen molar-refractivity contribution in [3.63, 3.8) is 0 Å². The van der Waals surface area contributed by atoms with Gasteiger partial charge in [-0.25, -0.2) is 0 Å². The van der Waals surface area contributed by atoms with Crippen LogP contribution in [0.2, 0.25) is 0 Å². The molecule has 1 rings (SSSR count). The minimum absolute atomic E-state index is 1.06. The summed E-state index contributed by atoms with van der Waals surface area (Å²) in [5.41, 5.74) is 0. The van der Waals surface area contributed by atoms with E-state index in [4.69, 9.17) is 0 Å². The van der Waals surface area contributed by atoms with E-state index in [0.717, 1.165) is 6.42 Å². The highest BCUT2D eigenvalue weighted by Gasteiger charge is 2.04. The predicted molar refractivity (Wildman–Crippen MR) is 53.8 cm³/mol. The molecule has 1 heteroatoms. The second-order valence-electron chi connectivity index (χ2n) is 3.48. The van der Waals surface area contributed by atoms with E-state index in [1.165, 1.54) is 45.2 Å². The lowest BCUT2D eigenvalue weighted by molar-refractivity contribution is 0.308. The lowest BCUT2D eigenvalue weighted by atomic mass is 10.1. The molecule has 0 amide bonds. The highest BCUT2D eigenvalue weighted by Crippen LogP contribution is 2.09. The molecular formula is C11H20N. The first-order valence-electron chi connectivity index (χ1n) is 5.13. The number of unbranched alkanes of at least 4 members (excludes halogenated alkanes) is 2. The van der Waals surface area contributed by atoms with Gasteiger partial charge in [0.05, 0.1) is 0 Å². The van der Waals surface area contributed by atoms with Crippen molar-refractivity contribution < 1.29 is 0 Å². The van der Waals surface area contributed by atoms with Crippen LogP contribution in [-0.4, -0.2) is 18.0 Å². The molecule has 1 nitrogen and oxygen atoms in total. The van der Waals surface area contributed by atoms with E-state index in [0.29, 0.717) is 0 Å². The van der Waals surface area contributed by atoms with Crippen LogP contribution in [0.25, 0.3) is 0 Å². The molecule has 1 radical (unpaired) electrons. The second kappa shape index (κ2) is 6.10. The summed E-state index contributed by atoms with van der Waals surface area (Å²) in [7, 11) is 0. The summed E-state index contributed by atoms with van der Waals surface area (Å²) < 4.78 is 0. The lowest BCUT2D eigenvalue weighted by Crippen LogP contribution is -2.23. The molecule has 0 unspecified atom stereocenters. The summed E-state index contributed by atoms with van der Waals surface area (Å²) in [5.74, 6) is 0. The van der Waals surface area contributed by atoms with E-state index in [2.05, 4.69) is 24.1 Å². The van der Waals surface area contributed by atoms with Crippen molar-refractivity contribution in [3.8, 4) is 0 Å². The van der Waals surface area contributed by atoms with Crippen molar-refractivity contribution >= 4 is 0 Å². The van der Waals surface area contributed by atoms with Crippen molar-refractivity contribution in [2.24, 2.45) is 0 Å². The predicted octanol–water partition coefficient (Wildman–Crippen LogP) is 2.99. The van der Waals surface area contributed by atoms with Crippen LogP contribution < -0.4 is 0 Å². The number of nitrogens with zero attached hydrogens (tertiary/aromatic N) is 1. The molecular weight excluding hydrogens is 146 g/mol. The van der Waals surface area contributed by atoms with Crippen LogP contribution in [0.3, 0.4) is 0 Å². The summed E-state index contributed by atoms with van der Waals surface area (Å²) in [6.07, 6.45) is 12.2. The maximum absolute atomic E-state index is 3.82. The molecule has 0 aliphatic carbocycles. The Hall–Kier alpha value is -0.460. The minimum Gasteiger partial charge on any atom is -0.378 e.